The first-order valence-electron chi connectivity index (χ1n) is 6.22. The van der Waals surface area contributed by atoms with E-state index in [1.807, 2.05) is 0 Å². The van der Waals surface area contributed by atoms with Crippen LogP contribution in [0.2, 0.25) is 0 Å². The van der Waals surface area contributed by atoms with Crippen LogP contribution in [0.25, 0.3) is 11.0 Å². The van der Waals surface area contributed by atoms with Crippen LogP contribution in [0.3, 0.4) is 0 Å². The van der Waals surface area contributed by atoms with Crippen molar-refractivity contribution in [3.8, 4) is 0 Å². The summed E-state index contributed by atoms with van der Waals surface area (Å²) in [6, 6.07) is 0. The van der Waals surface area contributed by atoms with Crippen molar-refractivity contribution in [1.82, 2.24) is 14.5 Å². The first-order chi connectivity index (χ1) is 10.0. The fraction of sp³-hybridized carbons (Fsp3) is 0.455. The Bertz CT molecular complexity index is 704. The van der Waals surface area contributed by atoms with Gasteiger partial charge in [0.2, 0.25) is 0 Å². The molecule has 1 saturated heterocycles. The maximum atomic E-state index is 11.1. The van der Waals surface area contributed by atoms with Crippen molar-refractivity contribution in [2.45, 2.75) is 24.9 Å². The average Bonchev–Trinajstić information content (AvgIpc) is 3.02. The number of aliphatic hydroxyl groups is 2. The molecular formula is C11H15N5O6. The van der Waals surface area contributed by atoms with Gasteiger partial charge >= 0.3 is 5.69 Å². The van der Waals surface area contributed by atoms with Gasteiger partial charge in [-0.25, -0.2) is 9.97 Å². The summed E-state index contributed by atoms with van der Waals surface area (Å²) in [5.74, 6) is 0.0756. The highest BCUT2D eigenvalue weighted by Gasteiger charge is 2.36. The number of nitrogens with zero attached hydrogens (tertiary/aromatic N) is 4. The number of aliphatic hydroxyl groups excluding tert-OH is 2. The monoisotopic (exact) mass is 313 g/mol. The van der Waals surface area contributed by atoms with Crippen molar-refractivity contribution in [3.63, 3.8) is 0 Å². The lowest BCUT2D eigenvalue weighted by molar-refractivity contribution is -0.383. The quantitative estimate of drug-likeness (QED) is 0.463. The molecule has 11 heteroatoms. The highest BCUT2D eigenvalue weighted by molar-refractivity contribution is 5.91. The van der Waals surface area contributed by atoms with Crippen molar-refractivity contribution in [2.75, 3.05) is 12.3 Å². The summed E-state index contributed by atoms with van der Waals surface area (Å²) in [5.41, 5.74) is 5.82. The zero-order chi connectivity index (χ0) is 15.1. The van der Waals surface area contributed by atoms with E-state index in [4.69, 9.17) is 15.6 Å². The van der Waals surface area contributed by atoms with Crippen molar-refractivity contribution in [3.05, 3.63) is 22.6 Å². The number of anilines is 1. The molecule has 0 spiro atoms. The molecule has 0 aliphatic carbocycles. The lowest BCUT2D eigenvalue weighted by atomic mass is 10.2. The second-order valence-corrected chi connectivity index (χ2v) is 4.75. The van der Waals surface area contributed by atoms with Crippen LogP contribution in [-0.4, -0.2) is 54.0 Å². The van der Waals surface area contributed by atoms with Gasteiger partial charge in [0.25, 0.3) is 0 Å². The van der Waals surface area contributed by atoms with E-state index < -0.39 is 23.4 Å². The number of ether oxygens (including phenoxy) is 1. The Labute approximate surface area is 123 Å². The minimum Gasteiger partial charge on any atom is -0.412 e. The van der Waals surface area contributed by atoms with E-state index in [-0.39, 0.29) is 41.0 Å². The normalized spacial score (nSPS) is 24.4. The third-order valence-corrected chi connectivity index (χ3v) is 3.50. The number of aromatic nitrogens is 3. The third-order valence-electron chi connectivity index (χ3n) is 3.50. The van der Waals surface area contributed by atoms with Gasteiger partial charge in [0.1, 0.15) is 24.0 Å². The molecule has 2 aromatic heterocycles. The molecule has 3 heterocycles. The number of fused-ring (bicyclic) bond motifs is 1. The standard InChI is InChI=1S/C11H13N5O5.H2O/c12-11-9-10(5(2-13-11)16(19)20)15(4-14-9)8-1-6(18)7(3-17)21-8;/h2,4,6-8,17-18H,1,3H2,(H2,12,13);1H2/t6-,7+,8+;/m0./s1. The van der Waals surface area contributed by atoms with Gasteiger partial charge in [-0.3, -0.25) is 14.7 Å². The minimum atomic E-state index is -0.851. The van der Waals surface area contributed by atoms with Gasteiger partial charge in [-0.1, -0.05) is 0 Å². The molecule has 0 radical (unpaired) electrons. The smallest absolute Gasteiger partial charge is 0.313 e. The van der Waals surface area contributed by atoms with Gasteiger partial charge in [0.05, 0.1) is 24.0 Å². The molecule has 120 valence electrons. The molecule has 22 heavy (non-hydrogen) atoms. The Morgan fingerprint density at radius 1 is 1.55 bits per heavy atom. The SMILES string of the molecule is Nc1ncc([N+](=O)[O-])c2c1ncn2[C@H]1C[C@H](O)[C@@H](CO)O1.O. The molecule has 3 atom stereocenters. The lowest BCUT2D eigenvalue weighted by Crippen LogP contribution is -2.24. The predicted octanol–water partition coefficient (Wildman–Crippen LogP) is -1.26. The van der Waals surface area contributed by atoms with E-state index in [2.05, 4.69) is 9.97 Å². The lowest BCUT2D eigenvalue weighted by Gasteiger charge is -2.14. The number of nitro groups is 1. The Hall–Kier alpha value is -2.34. The first-order valence-corrected chi connectivity index (χ1v) is 6.22. The zero-order valence-corrected chi connectivity index (χ0v) is 11.3. The molecule has 3 rings (SSSR count). The van der Waals surface area contributed by atoms with Gasteiger partial charge in [-0.15, -0.1) is 0 Å². The number of rotatable bonds is 3. The highest BCUT2D eigenvalue weighted by atomic mass is 16.6. The second kappa shape index (κ2) is 5.81. The molecule has 1 aliphatic heterocycles. The van der Waals surface area contributed by atoms with Gasteiger partial charge in [-0.2, -0.15) is 0 Å². The fourth-order valence-electron chi connectivity index (χ4n) is 2.46. The summed E-state index contributed by atoms with van der Waals surface area (Å²) < 4.78 is 6.92. The van der Waals surface area contributed by atoms with E-state index in [0.717, 1.165) is 6.20 Å². The van der Waals surface area contributed by atoms with Crippen molar-refractivity contribution < 1.29 is 25.3 Å². The summed E-state index contributed by atoms with van der Waals surface area (Å²) in [6.07, 6.45) is 0.359. The van der Waals surface area contributed by atoms with Crippen LogP contribution in [0.5, 0.6) is 0 Å². The van der Waals surface area contributed by atoms with Gasteiger partial charge in [-0.05, 0) is 0 Å². The molecule has 2 aromatic rings. The van der Waals surface area contributed by atoms with Crippen LogP contribution in [0, 0.1) is 10.1 Å². The van der Waals surface area contributed by atoms with Crippen LogP contribution in [0.15, 0.2) is 12.5 Å². The van der Waals surface area contributed by atoms with Crippen molar-refractivity contribution in [1.29, 1.82) is 0 Å². The predicted molar refractivity (Wildman–Crippen MR) is 73.8 cm³/mol. The minimum absolute atomic E-state index is 0. The highest BCUT2D eigenvalue weighted by Crippen LogP contribution is 2.35. The Morgan fingerprint density at radius 2 is 2.27 bits per heavy atom. The number of hydrogen-bond acceptors (Lipinski definition) is 8. The average molecular weight is 313 g/mol. The molecule has 11 nitrogen and oxygen atoms in total. The summed E-state index contributed by atoms with van der Waals surface area (Å²) in [5, 5.41) is 30.0. The second-order valence-electron chi connectivity index (χ2n) is 4.75. The van der Waals surface area contributed by atoms with E-state index in [1.54, 1.807) is 0 Å². The summed E-state index contributed by atoms with van der Waals surface area (Å²) in [6.45, 7) is -0.337. The van der Waals surface area contributed by atoms with Gasteiger partial charge in [0.15, 0.2) is 11.3 Å². The zero-order valence-electron chi connectivity index (χ0n) is 11.3. The Morgan fingerprint density at radius 3 is 2.86 bits per heavy atom. The van der Waals surface area contributed by atoms with E-state index in [1.165, 1.54) is 10.9 Å². The summed E-state index contributed by atoms with van der Waals surface area (Å²) >= 11 is 0. The Kier molecular flexibility index (Phi) is 4.23. The van der Waals surface area contributed by atoms with Crippen LogP contribution in [-0.2, 0) is 4.74 Å². The maximum absolute atomic E-state index is 11.1. The summed E-state index contributed by atoms with van der Waals surface area (Å²) in [4.78, 5) is 18.3. The van der Waals surface area contributed by atoms with Crippen molar-refractivity contribution in [2.24, 2.45) is 0 Å². The van der Waals surface area contributed by atoms with E-state index in [0.29, 0.717) is 0 Å². The van der Waals surface area contributed by atoms with Crippen LogP contribution >= 0.6 is 0 Å². The molecule has 0 saturated carbocycles. The van der Waals surface area contributed by atoms with Crippen LogP contribution in [0.4, 0.5) is 11.5 Å². The molecule has 0 amide bonds. The van der Waals surface area contributed by atoms with Crippen LogP contribution in [0.1, 0.15) is 12.6 Å². The molecule has 0 unspecified atom stereocenters. The Balaban J connectivity index is 0.00000176. The number of hydrogen-bond donors (Lipinski definition) is 3. The van der Waals surface area contributed by atoms with E-state index in [9.17, 15) is 15.2 Å². The van der Waals surface area contributed by atoms with Gasteiger partial charge < -0.3 is 26.2 Å². The van der Waals surface area contributed by atoms with Gasteiger partial charge in [0, 0.05) is 6.42 Å². The number of imidazole rings is 1. The fourth-order valence-corrected chi connectivity index (χ4v) is 2.46. The first kappa shape index (κ1) is 16.0. The van der Waals surface area contributed by atoms with Crippen molar-refractivity contribution >= 4 is 22.5 Å². The molecule has 1 aliphatic rings. The molecule has 0 bridgehead atoms. The van der Waals surface area contributed by atoms with Crippen LogP contribution < -0.4 is 5.73 Å². The summed E-state index contributed by atoms with van der Waals surface area (Å²) in [7, 11) is 0. The molecular weight excluding hydrogens is 298 g/mol. The maximum Gasteiger partial charge on any atom is 0.313 e. The van der Waals surface area contributed by atoms with E-state index >= 15 is 0 Å². The number of nitrogen functional groups attached to an aromatic ring is 1. The molecule has 0 aromatic carbocycles. The molecule has 1 fully saturated rings. The molecule has 6 N–H and O–H groups in total. The topological polar surface area (TPSA) is 181 Å². The third kappa shape index (κ3) is 2.35. The number of pyridine rings is 1. The number of nitrogens with two attached hydrogens (primary N) is 1. The largest absolute Gasteiger partial charge is 0.412 e.